The van der Waals surface area contributed by atoms with E-state index in [0.717, 1.165) is 39.3 Å². The molecule has 0 aliphatic heterocycles. The first-order valence-electron chi connectivity index (χ1n) is 9.38. The Hall–Kier alpha value is -1.22. The Labute approximate surface area is 158 Å². The van der Waals surface area contributed by atoms with Gasteiger partial charge < -0.3 is 25.0 Å². The number of nitrogens with one attached hydrogen (secondary N) is 2. The second kappa shape index (κ2) is 16.0. The second-order valence-corrected chi connectivity index (χ2v) is 6.59. The third-order valence-electron chi connectivity index (χ3n) is 4.21. The minimum atomic E-state index is -0.182. The standard InChI is InChI=1S/C18H38N4O4/c1-16(2)22(13-11-20-9-7-18(24)26-5)15-14-21(3)12-10-19-8-6-17(23)25-4/h16,19-20H,6-15H2,1-5H3. The van der Waals surface area contributed by atoms with Crippen molar-refractivity contribution < 1.29 is 19.1 Å². The highest BCUT2D eigenvalue weighted by molar-refractivity contribution is 5.69. The van der Waals surface area contributed by atoms with Crippen LogP contribution in [0.1, 0.15) is 26.7 Å². The first-order valence-corrected chi connectivity index (χ1v) is 9.38. The summed E-state index contributed by atoms with van der Waals surface area (Å²) in [5, 5.41) is 6.53. The van der Waals surface area contributed by atoms with Crippen molar-refractivity contribution in [1.82, 2.24) is 20.4 Å². The van der Waals surface area contributed by atoms with Gasteiger partial charge in [-0.1, -0.05) is 0 Å². The summed E-state index contributed by atoms with van der Waals surface area (Å²) in [6.45, 7) is 11.3. The maximum absolute atomic E-state index is 11.1. The summed E-state index contributed by atoms with van der Waals surface area (Å²) in [4.78, 5) is 26.8. The third-order valence-corrected chi connectivity index (χ3v) is 4.21. The summed E-state index contributed by atoms with van der Waals surface area (Å²) in [5.41, 5.74) is 0. The zero-order chi connectivity index (χ0) is 19.8. The van der Waals surface area contributed by atoms with Gasteiger partial charge in [-0.2, -0.15) is 0 Å². The fraction of sp³-hybridized carbons (Fsp3) is 0.889. The number of carbonyl (C=O) groups excluding carboxylic acids is 2. The minimum absolute atomic E-state index is 0.181. The van der Waals surface area contributed by atoms with Crippen LogP contribution in [-0.4, -0.2) is 101 Å². The van der Waals surface area contributed by atoms with Gasteiger partial charge in [0.15, 0.2) is 0 Å². The smallest absolute Gasteiger partial charge is 0.306 e. The molecule has 0 heterocycles. The predicted molar refractivity (Wildman–Crippen MR) is 103 cm³/mol. The highest BCUT2D eigenvalue weighted by Gasteiger charge is 2.10. The topological polar surface area (TPSA) is 83.1 Å². The van der Waals surface area contributed by atoms with Gasteiger partial charge in [-0.15, -0.1) is 0 Å². The van der Waals surface area contributed by atoms with Crippen molar-refractivity contribution in [3.63, 3.8) is 0 Å². The molecule has 154 valence electrons. The van der Waals surface area contributed by atoms with Gasteiger partial charge in [0.1, 0.15) is 0 Å². The fourth-order valence-electron chi connectivity index (χ4n) is 2.37. The van der Waals surface area contributed by atoms with Crippen molar-refractivity contribution in [3.05, 3.63) is 0 Å². The van der Waals surface area contributed by atoms with Crippen LogP contribution in [0.15, 0.2) is 0 Å². The molecule has 0 unspecified atom stereocenters. The molecule has 0 aromatic heterocycles. The molecule has 0 saturated heterocycles. The summed E-state index contributed by atoms with van der Waals surface area (Å²) in [7, 11) is 4.92. The van der Waals surface area contributed by atoms with E-state index < -0.39 is 0 Å². The van der Waals surface area contributed by atoms with Crippen LogP contribution in [0.2, 0.25) is 0 Å². The highest BCUT2D eigenvalue weighted by atomic mass is 16.5. The molecule has 2 N–H and O–H groups in total. The largest absolute Gasteiger partial charge is 0.469 e. The number of esters is 2. The maximum Gasteiger partial charge on any atom is 0.306 e. The Morgan fingerprint density at radius 3 is 1.77 bits per heavy atom. The van der Waals surface area contributed by atoms with Gasteiger partial charge in [0.2, 0.25) is 0 Å². The quantitative estimate of drug-likeness (QED) is 0.287. The van der Waals surface area contributed by atoms with Crippen LogP contribution in [-0.2, 0) is 19.1 Å². The summed E-state index contributed by atoms with van der Waals surface area (Å²) >= 11 is 0. The van der Waals surface area contributed by atoms with Crippen LogP contribution in [0.3, 0.4) is 0 Å². The number of nitrogens with zero attached hydrogens (tertiary/aromatic N) is 2. The molecule has 0 aliphatic carbocycles. The van der Waals surface area contributed by atoms with E-state index in [0.29, 0.717) is 32.0 Å². The van der Waals surface area contributed by atoms with Gasteiger partial charge in [0.05, 0.1) is 27.1 Å². The molecule has 0 radical (unpaired) electrons. The van der Waals surface area contributed by atoms with E-state index in [1.54, 1.807) is 0 Å². The molecule has 0 atom stereocenters. The highest BCUT2D eigenvalue weighted by Crippen LogP contribution is 1.98. The van der Waals surface area contributed by atoms with E-state index in [-0.39, 0.29) is 11.9 Å². The third kappa shape index (κ3) is 14.0. The summed E-state index contributed by atoms with van der Waals surface area (Å²) in [5.74, 6) is -0.362. The number of hydrogen-bond donors (Lipinski definition) is 2. The van der Waals surface area contributed by atoms with Gasteiger partial charge in [-0.25, -0.2) is 0 Å². The molecular formula is C18H38N4O4. The lowest BCUT2D eigenvalue weighted by atomic mass is 10.3. The summed E-state index contributed by atoms with van der Waals surface area (Å²) in [6, 6.07) is 0.476. The summed E-state index contributed by atoms with van der Waals surface area (Å²) < 4.78 is 9.23. The average molecular weight is 375 g/mol. The zero-order valence-electron chi connectivity index (χ0n) is 17.2. The van der Waals surface area contributed by atoms with Crippen LogP contribution in [0.4, 0.5) is 0 Å². The zero-order valence-corrected chi connectivity index (χ0v) is 17.2. The van der Waals surface area contributed by atoms with Crippen LogP contribution in [0.25, 0.3) is 0 Å². The molecule has 0 spiro atoms. The van der Waals surface area contributed by atoms with Crippen LogP contribution in [0.5, 0.6) is 0 Å². The molecule has 0 aromatic rings. The lowest BCUT2D eigenvalue weighted by molar-refractivity contribution is -0.141. The molecule has 0 rings (SSSR count). The number of methoxy groups -OCH3 is 2. The van der Waals surface area contributed by atoms with Crippen LogP contribution in [0, 0.1) is 0 Å². The predicted octanol–water partition coefficient (Wildman–Crippen LogP) is -0.0660. The molecule has 0 aliphatic rings. The monoisotopic (exact) mass is 374 g/mol. The molecule has 8 heteroatoms. The fourth-order valence-corrected chi connectivity index (χ4v) is 2.37. The van der Waals surface area contributed by atoms with Gasteiger partial charge in [-0.05, 0) is 20.9 Å². The van der Waals surface area contributed by atoms with Gasteiger partial charge >= 0.3 is 11.9 Å². The molecule has 8 nitrogen and oxygen atoms in total. The van der Waals surface area contributed by atoms with E-state index >= 15 is 0 Å². The van der Waals surface area contributed by atoms with Crippen LogP contribution < -0.4 is 10.6 Å². The van der Waals surface area contributed by atoms with E-state index in [2.05, 4.69) is 50.8 Å². The van der Waals surface area contributed by atoms with Crippen molar-refractivity contribution in [2.75, 3.05) is 73.6 Å². The van der Waals surface area contributed by atoms with Crippen molar-refractivity contribution in [2.24, 2.45) is 0 Å². The lowest BCUT2D eigenvalue weighted by Crippen LogP contribution is -2.42. The summed E-state index contributed by atoms with van der Waals surface area (Å²) in [6.07, 6.45) is 0.814. The number of carbonyl (C=O) groups is 2. The molecule has 26 heavy (non-hydrogen) atoms. The normalized spacial score (nSPS) is 11.4. The molecular weight excluding hydrogens is 336 g/mol. The Kier molecular flexibility index (Phi) is 15.2. The Balaban J connectivity index is 3.80. The first-order chi connectivity index (χ1) is 12.4. The SMILES string of the molecule is COC(=O)CCNCCN(C)CCN(CCNCCC(=O)OC)C(C)C. The van der Waals surface area contributed by atoms with Crippen molar-refractivity contribution in [1.29, 1.82) is 0 Å². The Morgan fingerprint density at radius 2 is 1.31 bits per heavy atom. The molecule has 0 saturated carbocycles. The molecule has 0 amide bonds. The molecule has 0 fully saturated rings. The number of ether oxygens (including phenoxy) is 2. The van der Waals surface area contributed by atoms with Gasteiger partial charge in [0.25, 0.3) is 0 Å². The lowest BCUT2D eigenvalue weighted by Gasteiger charge is -2.29. The van der Waals surface area contributed by atoms with Gasteiger partial charge in [-0.3, -0.25) is 14.5 Å². The minimum Gasteiger partial charge on any atom is -0.469 e. The van der Waals surface area contributed by atoms with Crippen LogP contribution >= 0.6 is 0 Å². The Morgan fingerprint density at radius 1 is 0.808 bits per heavy atom. The Bertz CT molecular complexity index is 380. The van der Waals surface area contributed by atoms with E-state index in [1.807, 2.05) is 0 Å². The average Bonchev–Trinajstić information content (AvgIpc) is 2.62. The van der Waals surface area contributed by atoms with Crippen molar-refractivity contribution in [3.8, 4) is 0 Å². The second-order valence-electron chi connectivity index (χ2n) is 6.59. The number of hydrogen-bond acceptors (Lipinski definition) is 8. The van der Waals surface area contributed by atoms with Gasteiger partial charge in [0, 0.05) is 58.4 Å². The van der Waals surface area contributed by atoms with E-state index in [1.165, 1.54) is 14.2 Å². The number of rotatable bonds is 16. The molecule has 0 aromatic carbocycles. The molecule has 0 bridgehead atoms. The van der Waals surface area contributed by atoms with E-state index in [4.69, 9.17) is 0 Å². The van der Waals surface area contributed by atoms with Crippen molar-refractivity contribution in [2.45, 2.75) is 32.7 Å². The number of likely N-dealkylation sites (N-methyl/N-ethyl adjacent to an activating group) is 1. The first kappa shape index (κ1) is 24.8. The van der Waals surface area contributed by atoms with Crippen molar-refractivity contribution >= 4 is 11.9 Å². The maximum atomic E-state index is 11.1. The van der Waals surface area contributed by atoms with E-state index in [9.17, 15) is 9.59 Å².